The fraction of sp³-hybridized carbons (Fsp3) is 0.0192. The Labute approximate surface area is 324 Å². The molecular weight excluding hydrogens is 685 g/mol. The summed E-state index contributed by atoms with van der Waals surface area (Å²) >= 11 is 1.84. The van der Waals surface area contributed by atoms with Crippen molar-refractivity contribution < 1.29 is 0 Å². The maximum atomic E-state index is 5.34. The summed E-state index contributed by atoms with van der Waals surface area (Å²) in [7, 11) is 0. The molecule has 0 fully saturated rings. The molecule has 3 heteroatoms. The zero-order valence-corrected chi connectivity index (χ0v) is 30.7. The molecule has 0 radical (unpaired) electrons. The molecule has 0 spiro atoms. The zero-order chi connectivity index (χ0) is 36.3. The van der Waals surface area contributed by atoms with Crippen molar-refractivity contribution in [3.63, 3.8) is 0 Å². The Morgan fingerprint density at radius 2 is 1.09 bits per heavy atom. The molecule has 10 aromatic rings. The largest absolute Gasteiger partial charge is 0.294 e. The normalized spacial score (nSPS) is 12.9. The lowest BCUT2D eigenvalue weighted by Crippen LogP contribution is -2.28. The number of hydrogen-bond donors (Lipinski definition) is 0. The van der Waals surface area contributed by atoms with Gasteiger partial charge >= 0.3 is 0 Å². The highest BCUT2D eigenvalue weighted by molar-refractivity contribution is 7.26. The summed E-state index contributed by atoms with van der Waals surface area (Å²) in [6.07, 6.45) is 2.09. The second kappa shape index (κ2) is 12.7. The van der Waals surface area contributed by atoms with Gasteiger partial charge in [0, 0.05) is 37.6 Å². The maximum Gasteiger partial charge on any atom is 0.138 e. The van der Waals surface area contributed by atoms with Gasteiger partial charge in [-0.1, -0.05) is 170 Å². The van der Waals surface area contributed by atoms with Gasteiger partial charge in [-0.05, 0) is 80.0 Å². The second-order valence-corrected chi connectivity index (χ2v) is 15.4. The summed E-state index contributed by atoms with van der Waals surface area (Å²) in [6, 6.07) is 72.9. The molecule has 0 unspecified atom stereocenters. The third-order valence-corrected chi connectivity index (χ3v) is 12.5. The van der Waals surface area contributed by atoms with Crippen molar-refractivity contribution in [2.75, 3.05) is 4.90 Å². The van der Waals surface area contributed by atoms with Crippen LogP contribution in [0, 0.1) is 0 Å². The van der Waals surface area contributed by atoms with Crippen LogP contribution in [-0.4, -0.2) is 4.98 Å². The molecule has 258 valence electrons. The van der Waals surface area contributed by atoms with E-state index in [1.54, 1.807) is 0 Å². The predicted molar refractivity (Wildman–Crippen MR) is 232 cm³/mol. The third-order valence-electron chi connectivity index (χ3n) is 11.4. The quantitative estimate of drug-likeness (QED) is 0.170. The van der Waals surface area contributed by atoms with Crippen LogP contribution in [-0.2, 0) is 5.41 Å². The van der Waals surface area contributed by atoms with Crippen LogP contribution in [0.25, 0.3) is 53.2 Å². The highest BCUT2D eigenvalue weighted by Gasteiger charge is 2.46. The van der Waals surface area contributed by atoms with Gasteiger partial charge in [-0.25, -0.2) is 4.98 Å². The van der Waals surface area contributed by atoms with Gasteiger partial charge < -0.3 is 0 Å². The SMILES string of the molecule is c1ccc(-c2ccccc2N(c2ccc3c(c2)C(c2ccccc2)(c2ccccc2)c2ccccc2-3)c2cc3sc4ccc5ccccc5c4c3cn2)cc1. The topological polar surface area (TPSA) is 16.1 Å². The van der Waals surface area contributed by atoms with Crippen molar-refractivity contribution in [1.82, 2.24) is 4.98 Å². The fourth-order valence-electron chi connectivity index (χ4n) is 9.05. The Morgan fingerprint density at radius 1 is 0.455 bits per heavy atom. The summed E-state index contributed by atoms with van der Waals surface area (Å²) in [5, 5.41) is 4.98. The fourth-order valence-corrected chi connectivity index (χ4v) is 10.2. The molecule has 0 saturated heterocycles. The highest BCUT2D eigenvalue weighted by atomic mass is 32.1. The van der Waals surface area contributed by atoms with E-state index < -0.39 is 5.41 Å². The molecule has 11 rings (SSSR count). The highest BCUT2D eigenvalue weighted by Crippen LogP contribution is 2.57. The standard InChI is InChI=1S/C52H34N2S/c1-4-16-35(17-5-1)40-23-13-15-27-47(40)54(50-33-49-44(34-53-50)51-41-24-11-10-18-36(41)28-31-48(51)55-49)39-29-30-43-42-25-12-14-26-45(42)52(46(43)32-39,37-19-6-2-7-20-37)38-21-8-3-9-22-38/h1-34H. The number of hydrogen-bond acceptors (Lipinski definition) is 3. The van der Waals surface area contributed by atoms with Crippen LogP contribution < -0.4 is 4.90 Å². The van der Waals surface area contributed by atoms with Gasteiger partial charge in [-0.2, -0.15) is 0 Å². The zero-order valence-electron chi connectivity index (χ0n) is 29.9. The first-order valence-electron chi connectivity index (χ1n) is 18.8. The van der Waals surface area contributed by atoms with Gasteiger partial charge in [-0.15, -0.1) is 11.3 Å². The summed E-state index contributed by atoms with van der Waals surface area (Å²) in [6.45, 7) is 0. The lowest BCUT2D eigenvalue weighted by molar-refractivity contribution is 0.768. The van der Waals surface area contributed by atoms with Gasteiger partial charge in [0.15, 0.2) is 0 Å². The van der Waals surface area contributed by atoms with Crippen molar-refractivity contribution >= 4 is 59.5 Å². The predicted octanol–water partition coefficient (Wildman–Crippen LogP) is 14.1. The number of para-hydroxylation sites is 1. The molecule has 2 heterocycles. The number of pyridine rings is 1. The van der Waals surface area contributed by atoms with Crippen molar-refractivity contribution in [2.45, 2.75) is 5.41 Å². The molecule has 8 aromatic carbocycles. The number of benzene rings is 8. The number of nitrogens with zero attached hydrogens (tertiary/aromatic N) is 2. The summed E-state index contributed by atoms with van der Waals surface area (Å²) in [5.41, 5.74) is 11.5. The van der Waals surface area contributed by atoms with Gasteiger partial charge in [0.1, 0.15) is 5.82 Å². The minimum absolute atomic E-state index is 0.515. The lowest BCUT2D eigenvalue weighted by atomic mass is 9.67. The third kappa shape index (κ3) is 4.83. The number of thiophene rings is 1. The second-order valence-electron chi connectivity index (χ2n) is 14.3. The number of fused-ring (bicyclic) bond motifs is 8. The number of rotatable bonds is 6. The Bertz CT molecular complexity index is 3000. The van der Waals surface area contributed by atoms with E-state index in [1.807, 2.05) is 11.3 Å². The maximum absolute atomic E-state index is 5.34. The lowest BCUT2D eigenvalue weighted by Gasteiger charge is -2.35. The van der Waals surface area contributed by atoms with Crippen molar-refractivity contribution in [2.24, 2.45) is 0 Å². The molecule has 1 aliphatic carbocycles. The molecule has 0 saturated carbocycles. The minimum Gasteiger partial charge on any atom is -0.294 e. The van der Waals surface area contributed by atoms with E-state index in [-0.39, 0.29) is 0 Å². The minimum atomic E-state index is -0.515. The van der Waals surface area contributed by atoms with Crippen LogP contribution in [0.4, 0.5) is 17.2 Å². The Hall–Kier alpha value is -6.81. The van der Waals surface area contributed by atoms with E-state index in [0.29, 0.717) is 0 Å². The molecule has 2 nitrogen and oxygen atoms in total. The van der Waals surface area contributed by atoms with E-state index in [0.717, 1.165) is 28.3 Å². The van der Waals surface area contributed by atoms with Crippen molar-refractivity contribution in [3.05, 3.63) is 229 Å². The molecule has 0 N–H and O–H groups in total. The Morgan fingerprint density at radius 3 is 1.87 bits per heavy atom. The van der Waals surface area contributed by atoms with E-state index in [4.69, 9.17) is 4.98 Å². The van der Waals surface area contributed by atoms with E-state index >= 15 is 0 Å². The first-order valence-corrected chi connectivity index (χ1v) is 19.6. The van der Waals surface area contributed by atoms with E-state index in [1.165, 1.54) is 64.3 Å². The van der Waals surface area contributed by atoms with Gasteiger partial charge in [0.2, 0.25) is 0 Å². The average Bonchev–Trinajstić information content (AvgIpc) is 3.78. The van der Waals surface area contributed by atoms with Crippen LogP contribution >= 0.6 is 11.3 Å². The Kier molecular flexibility index (Phi) is 7.29. The summed E-state index contributed by atoms with van der Waals surface area (Å²) in [4.78, 5) is 7.71. The monoisotopic (exact) mass is 718 g/mol. The van der Waals surface area contributed by atoms with Crippen LogP contribution in [0.1, 0.15) is 22.3 Å². The van der Waals surface area contributed by atoms with Crippen LogP contribution in [0.15, 0.2) is 206 Å². The summed E-state index contributed by atoms with van der Waals surface area (Å²) in [5.74, 6) is 0.882. The average molecular weight is 719 g/mol. The smallest absolute Gasteiger partial charge is 0.138 e. The van der Waals surface area contributed by atoms with Crippen molar-refractivity contribution in [3.8, 4) is 22.3 Å². The van der Waals surface area contributed by atoms with Crippen LogP contribution in [0.2, 0.25) is 0 Å². The summed E-state index contributed by atoms with van der Waals surface area (Å²) < 4.78 is 2.49. The van der Waals surface area contributed by atoms with Gasteiger partial charge in [0.25, 0.3) is 0 Å². The molecule has 0 atom stereocenters. The van der Waals surface area contributed by atoms with Gasteiger partial charge in [0.05, 0.1) is 11.1 Å². The molecule has 0 aliphatic heterocycles. The van der Waals surface area contributed by atoms with Crippen LogP contribution in [0.5, 0.6) is 0 Å². The molecule has 2 aromatic heterocycles. The van der Waals surface area contributed by atoms with Gasteiger partial charge in [-0.3, -0.25) is 4.90 Å². The number of aromatic nitrogens is 1. The van der Waals surface area contributed by atoms with E-state index in [2.05, 4.69) is 211 Å². The molecule has 1 aliphatic rings. The van der Waals surface area contributed by atoms with E-state index in [9.17, 15) is 0 Å². The molecule has 55 heavy (non-hydrogen) atoms. The number of anilines is 3. The molecule has 0 amide bonds. The molecular formula is C52H34N2S. The Balaban J connectivity index is 1.20. The first-order chi connectivity index (χ1) is 27.3. The van der Waals surface area contributed by atoms with Crippen LogP contribution in [0.3, 0.4) is 0 Å². The van der Waals surface area contributed by atoms with Crippen molar-refractivity contribution in [1.29, 1.82) is 0 Å². The first kappa shape index (κ1) is 31.7. The molecule has 0 bridgehead atoms.